The zero-order valence-electron chi connectivity index (χ0n) is 15.1. The van der Waals surface area contributed by atoms with E-state index in [4.69, 9.17) is 10.2 Å². The van der Waals surface area contributed by atoms with Gasteiger partial charge in [0, 0.05) is 25.2 Å². The summed E-state index contributed by atoms with van der Waals surface area (Å²) >= 11 is 0. The summed E-state index contributed by atoms with van der Waals surface area (Å²) in [6, 6.07) is 1.77. The van der Waals surface area contributed by atoms with Crippen molar-refractivity contribution in [2.75, 3.05) is 19.6 Å². The van der Waals surface area contributed by atoms with Gasteiger partial charge in [0.2, 0.25) is 0 Å². The van der Waals surface area contributed by atoms with Crippen molar-refractivity contribution in [3.63, 3.8) is 0 Å². The fourth-order valence-corrected chi connectivity index (χ4v) is 2.34. The minimum absolute atomic E-state index is 0.185. The molecule has 0 radical (unpaired) electrons. The van der Waals surface area contributed by atoms with E-state index in [2.05, 4.69) is 22.5 Å². The number of nitrogens with zero attached hydrogens (tertiary/aromatic N) is 1. The summed E-state index contributed by atoms with van der Waals surface area (Å²) in [5, 5.41) is 5.94. The van der Waals surface area contributed by atoms with Crippen molar-refractivity contribution in [2.45, 2.75) is 58.8 Å². The van der Waals surface area contributed by atoms with Gasteiger partial charge in [0.1, 0.15) is 0 Å². The number of nitrogens with two attached hydrogens (primary N) is 1. The molecule has 0 aliphatic rings. The molecule has 6 heteroatoms. The normalized spacial score (nSPS) is 11.5. The summed E-state index contributed by atoms with van der Waals surface area (Å²) in [6.45, 7) is 6.08. The van der Waals surface area contributed by atoms with Gasteiger partial charge in [-0.25, -0.2) is 0 Å². The van der Waals surface area contributed by atoms with Gasteiger partial charge < -0.3 is 20.8 Å². The number of furan rings is 1. The molecular formula is C18H32N4O2. The monoisotopic (exact) mass is 336 g/mol. The van der Waals surface area contributed by atoms with E-state index >= 15 is 0 Å². The highest BCUT2D eigenvalue weighted by Crippen LogP contribution is 2.07. The van der Waals surface area contributed by atoms with Crippen LogP contribution in [0.4, 0.5) is 0 Å². The Balaban J connectivity index is 2.01. The molecule has 1 rings (SSSR count). The Labute approximate surface area is 145 Å². The molecule has 0 saturated heterocycles. The topological polar surface area (TPSA) is 92.6 Å². The Kier molecular flexibility index (Phi) is 10.4. The molecule has 0 unspecified atom stereocenters. The molecule has 4 N–H and O–H groups in total. The number of hydrogen-bond donors (Lipinski definition) is 3. The molecule has 6 nitrogen and oxygen atoms in total. The Bertz CT molecular complexity index is 497. The fraction of sp³-hybridized carbons (Fsp3) is 0.667. The maximum Gasteiger partial charge on any atom is 0.287 e. The van der Waals surface area contributed by atoms with E-state index in [9.17, 15) is 4.79 Å². The smallest absolute Gasteiger partial charge is 0.287 e. The zero-order chi connectivity index (χ0) is 17.6. The van der Waals surface area contributed by atoms with E-state index in [1.54, 1.807) is 6.07 Å². The molecule has 0 spiro atoms. The van der Waals surface area contributed by atoms with Gasteiger partial charge in [0.25, 0.3) is 5.91 Å². The van der Waals surface area contributed by atoms with E-state index in [0.717, 1.165) is 24.9 Å². The second kappa shape index (κ2) is 12.4. The number of carbonyl (C=O) groups is 1. The average molecular weight is 336 g/mol. The minimum Gasteiger partial charge on any atom is -0.459 e. The molecular weight excluding hydrogens is 304 g/mol. The fourth-order valence-electron chi connectivity index (χ4n) is 2.34. The third kappa shape index (κ3) is 8.60. The van der Waals surface area contributed by atoms with Crippen LogP contribution < -0.4 is 16.4 Å². The van der Waals surface area contributed by atoms with Gasteiger partial charge in [-0.1, -0.05) is 39.0 Å². The number of hydrogen-bond acceptors (Lipinski definition) is 3. The first kappa shape index (κ1) is 20.1. The first-order valence-electron chi connectivity index (χ1n) is 9.01. The molecule has 1 amide bonds. The van der Waals surface area contributed by atoms with Crippen molar-refractivity contribution in [3.8, 4) is 0 Å². The van der Waals surface area contributed by atoms with Crippen LogP contribution in [0, 0.1) is 6.92 Å². The number of aryl methyl sites for hydroxylation is 1. The van der Waals surface area contributed by atoms with Crippen molar-refractivity contribution < 1.29 is 9.21 Å². The molecule has 1 aromatic rings. The van der Waals surface area contributed by atoms with Crippen LogP contribution in [0.3, 0.4) is 0 Å². The molecule has 1 heterocycles. The maximum atomic E-state index is 11.8. The van der Waals surface area contributed by atoms with Gasteiger partial charge >= 0.3 is 0 Å². The quantitative estimate of drug-likeness (QED) is 0.311. The number of guanidine groups is 1. The molecule has 0 aliphatic carbocycles. The summed E-state index contributed by atoms with van der Waals surface area (Å²) in [4.78, 5) is 16.1. The molecule has 136 valence electrons. The first-order valence-corrected chi connectivity index (χ1v) is 9.01. The van der Waals surface area contributed by atoms with Crippen molar-refractivity contribution in [2.24, 2.45) is 10.7 Å². The molecule has 0 saturated carbocycles. The Morgan fingerprint density at radius 1 is 1.12 bits per heavy atom. The Morgan fingerprint density at radius 3 is 2.54 bits per heavy atom. The van der Waals surface area contributed by atoms with Gasteiger partial charge in [-0.15, -0.1) is 0 Å². The van der Waals surface area contributed by atoms with Crippen molar-refractivity contribution in [3.05, 3.63) is 23.7 Å². The molecule has 0 aromatic carbocycles. The minimum atomic E-state index is -0.185. The van der Waals surface area contributed by atoms with Crippen LogP contribution in [-0.4, -0.2) is 31.5 Å². The Hall–Kier alpha value is -1.98. The summed E-state index contributed by atoms with van der Waals surface area (Å²) in [5.74, 6) is 0.672. The standard InChI is InChI=1S/C18H32N4O2/c1-3-4-5-6-7-8-11-21-18(19)22-13-9-12-20-17(23)16-15(2)10-14-24-16/h10,14H,3-9,11-13H2,1-2H3,(H,20,23)(H3,19,21,22). The van der Waals surface area contributed by atoms with Crippen molar-refractivity contribution in [1.29, 1.82) is 0 Å². The van der Waals surface area contributed by atoms with E-state index < -0.39 is 0 Å². The van der Waals surface area contributed by atoms with E-state index in [-0.39, 0.29) is 5.91 Å². The lowest BCUT2D eigenvalue weighted by atomic mass is 10.1. The van der Waals surface area contributed by atoms with Crippen LogP contribution in [0.5, 0.6) is 0 Å². The second-order valence-electron chi connectivity index (χ2n) is 6.00. The molecule has 0 atom stereocenters. The molecule has 1 aromatic heterocycles. The zero-order valence-corrected chi connectivity index (χ0v) is 15.1. The first-order chi connectivity index (χ1) is 11.6. The van der Waals surface area contributed by atoms with Crippen molar-refractivity contribution >= 4 is 11.9 Å². The third-order valence-corrected chi connectivity index (χ3v) is 3.81. The average Bonchev–Trinajstić information content (AvgIpc) is 2.99. The second-order valence-corrected chi connectivity index (χ2v) is 6.00. The molecule has 0 fully saturated rings. The number of unbranched alkanes of at least 4 members (excludes halogenated alkanes) is 5. The summed E-state index contributed by atoms with van der Waals surface area (Å²) in [6.07, 6.45) is 9.84. The highest BCUT2D eigenvalue weighted by molar-refractivity contribution is 5.92. The van der Waals surface area contributed by atoms with Crippen LogP contribution in [0.25, 0.3) is 0 Å². The summed E-state index contributed by atoms with van der Waals surface area (Å²) in [7, 11) is 0. The maximum absolute atomic E-state index is 11.8. The lowest BCUT2D eigenvalue weighted by Gasteiger charge is -2.06. The van der Waals surface area contributed by atoms with E-state index in [0.29, 0.717) is 24.8 Å². The predicted octanol–water partition coefficient (Wildman–Crippen LogP) is 2.97. The summed E-state index contributed by atoms with van der Waals surface area (Å²) < 4.78 is 5.14. The van der Waals surface area contributed by atoms with E-state index in [1.165, 1.54) is 38.4 Å². The number of rotatable bonds is 12. The molecule has 24 heavy (non-hydrogen) atoms. The highest BCUT2D eigenvalue weighted by atomic mass is 16.3. The van der Waals surface area contributed by atoms with Crippen LogP contribution in [0.2, 0.25) is 0 Å². The Morgan fingerprint density at radius 2 is 1.83 bits per heavy atom. The van der Waals surface area contributed by atoms with Crippen LogP contribution in [0.1, 0.15) is 68.0 Å². The lowest BCUT2D eigenvalue weighted by molar-refractivity contribution is 0.0925. The number of nitrogens with one attached hydrogen (secondary N) is 2. The van der Waals surface area contributed by atoms with Gasteiger partial charge in [-0.3, -0.25) is 9.79 Å². The van der Waals surface area contributed by atoms with Crippen LogP contribution >= 0.6 is 0 Å². The van der Waals surface area contributed by atoms with Crippen LogP contribution in [0.15, 0.2) is 21.7 Å². The van der Waals surface area contributed by atoms with Gasteiger partial charge in [-0.2, -0.15) is 0 Å². The third-order valence-electron chi connectivity index (χ3n) is 3.81. The molecule has 0 aliphatic heterocycles. The van der Waals surface area contributed by atoms with E-state index in [1.807, 2.05) is 6.92 Å². The number of amides is 1. The molecule has 0 bridgehead atoms. The predicted molar refractivity (Wildman–Crippen MR) is 98.3 cm³/mol. The van der Waals surface area contributed by atoms with Crippen molar-refractivity contribution in [1.82, 2.24) is 10.6 Å². The van der Waals surface area contributed by atoms with Gasteiger partial charge in [-0.05, 0) is 25.8 Å². The number of aliphatic imine (C=N–C) groups is 1. The van der Waals surface area contributed by atoms with Gasteiger partial charge in [0.05, 0.1) is 6.26 Å². The summed E-state index contributed by atoms with van der Waals surface area (Å²) in [5.41, 5.74) is 6.65. The number of carbonyl (C=O) groups excluding carboxylic acids is 1. The SMILES string of the molecule is CCCCCCCCNC(N)=NCCCNC(=O)c1occc1C. The van der Waals surface area contributed by atoms with Gasteiger partial charge in [0.15, 0.2) is 11.7 Å². The largest absolute Gasteiger partial charge is 0.459 e. The van der Waals surface area contributed by atoms with Crippen LogP contribution in [-0.2, 0) is 0 Å². The lowest BCUT2D eigenvalue weighted by Crippen LogP contribution is -2.32. The highest BCUT2D eigenvalue weighted by Gasteiger charge is 2.11.